The molecular formula is C53H67N11O15S. The van der Waals surface area contributed by atoms with E-state index in [1.807, 2.05) is 0 Å². The van der Waals surface area contributed by atoms with Crippen LogP contribution in [-0.2, 0) is 67.2 Å². The fourth-order valence-electron chi connectivity index (χ4n) is 8.54. The molecule has 0 bridgehead atoms. The van der Waals surface area contributed by atoms with Crippen LogP contribution in [0.1, 0.15) is 61.6 Å². The van der Waals surface area contributed by atoms with E-state index in [-0.39, 0.29) is 56.6 Å². The van der Waals surface area contributed by atoms with E-state index >= 15 is 0 Å². The lowest BCUT2D eigenvalue weighted by molar-refractivity contribution is -0.141. The topological polar surface area (TPSA) is 440 Å². The second-order valence-corrected chi connectivity index (χ2v) is 19.3. The Balaban J connectivity index is 1.41. The lowest BCUT2D eigenvalue weighted by Gasteiger charge is -2.27. The zero-order valence-corrected chi connectivity index (χ0v) is 44.2. The van der Waals surface area contributed by atoms with Gasteiger partial charge in [-0.25, -0.2) is 4.79 Å². The minimum atomic E-state index is -1.80. The molecule has 2 aromatic heterocycles. The number of carboxylic acid groups (broad SMARTS) is 3. The van der Waals surface area contributed by atoms with Crippen molar-refractivity contribution in [1.29, 1.82) is 0 Å². The monoisotopic (exact) mass is 1130 g/mol. The number of hydrogen-bond donors (Lipinski definition) is 17. The van der Waals surface area contributed by atoms with Crippen LogP contribution in [0.4, 0.5) is 0 Å². The molecule has 7 amide bonds. The van der Waals surface area contributed by atoms with Gasteiger partial charge >= 0.3 is 17.9 Å². The Morgan fingerprint density at radius 3 is 1.39 bits per heavy atom. The summed E-state index contributed by atoms with van der Waals surface area (Å²) in [7, 11) is 0. The van der Waals surface area contributed by atoms with Gasteiger partial charge in [-0.2, -0.15) is 12.6 Å². The Labute approximate surface area is 463 Å². The maximum atomic E-state index is 14.5. The van der Waals surface area contributed by atoms with Gasteiger partial charge in [0, 0.05) is 72.1 Å². The number of aliphatic hydroxyl groups is 1. The number of hydrogen-bond acceptors (Lipinski definition) is 15. The molecule has 0 aliphatic carbocycles. The predicted octanol–water partition coefficient (Wildman–Crippen LogP) is -1.03. The van der Waals surface area contributed by atoms with E-state index in [9.17, 15) is 73.5 Å². The number of aromatic amines is 2. The number of aliphatic hydroxyl groups excluding tert-OH is 1. The number of carboxylic acids is 3. The summed E-state index contributed by atoms with van der Waals surface area (Å²) in [6, 6.07) is 7.27. The Morgan fingerprint density at radius 1 is 0.500 bits per heavy atom. The second-order valence-electron chi connectivity index (χ2n) is 18.9. The van der Waals surface area contributed by atoms with Gasteiger partial charge in [-0.05, 0) is 79.6 Å². The van der Waals surface area contributed by atoms with Crippen LogP contribution < -0.4 is 48.7 Å². The van der Waals surface area contributed by atoms with E-state index in [4.69, 9.17) is 11.5 Å². The molecule has 0 aliphatic heterocycles. The number of benzene rings is 3. The third-order valence-corrected chi connectivity index (χ3v) is 13.3. The van der Waals surface area contributed by atoms with Crippen LogP contribution in [0.5, 0.6) is 5.75 Å². The molecule has 5 aromatic rings. The predicted molar refractivity (Wildman–Crippen MR) is 293 cm³/mol. The fraction of sp³-hybridized carbons (Fsp3) is 0.396. The van der Waals surface area contributed by atoms with Gasteiger partial charge in [-0.15, -0.1) is 0 Å². The van der Waals surface area contributed by atoms with Crippen molar-refractivity contribution in [2.75, 3.05) is 18.9 Å². The van der Waals surface area contributed by atoms with Crippen LogP contribution in [0.15, 0.2) is 85.2 Å². The van der Waals surface area contributed by atoms with Crippen molar-refractivity contribution in [3.63, 3.8) is 0 Å². The van der Waals surface area contributed by atoms with Crippen LogP contribution in [0.2, 0.25) is 0 Å². The molecule has 0 radical (unpaired) electrons. The first-order valence-corrected chi connectivity index (χ1v) is 26.2. The van der Waals surface area contributed by atoms with Crippen molar-refractivity contribution < 1.29 is 73.5 Å². The number of nitrogens with two attached hydrogens (primary N) is 2. The average molecular weight is 1130 g/mol. The highest BCUT2D eigenvalue weighted by Gasteiger charge is 2.35. The number of H-pyrrole nitrogens is 2. The van der Waals surface area contributed by atoms with Gasteiger partial charge in [0.15, 0.2) is 0 Å². The number of carbonyl (C=O) groups is 10. The number of aromatic nitrogens is 2. The summed E-state index contributed by atoms with van der Waals surface area (Å²) >= 11 is 3.98. The summed E-state index contributed by atoms with van der Waals surface area (Å²) in [5, 5.41) is 67.7. The third kappa shape index (κ3) is 18.6. The van der Waals surface area contributed by atoms with E-state index in [0.29, 0.717) is 34.0 Å². The molecule has 5 rings (SSSR count). The minimum absolute atomic E-state index is 0.0569. The van der Waals surface area contributed by atoms with Crippen LogP contribution in [-0.4, -0.2) is 162 Å². The average Bonchev–Trinajstić information content (AvgIpc) is 4.05. The lowest BCUT2D eigenvalue weighted by atomic mass is 10.0. The Bertz CT molecular complexity index is 2990. The summed E-state index contributed by atoms with van der Waals surface area (Å²) in [4.78, 5) is 139. The number of rotatable bonds is 33. The molecule has 0 fully saturated rings. The number of aliphatic carboxylic acids is 3. The normalized spacial score (nSPS) is 14.2. The zero-order chi connectivity index (χ0) is 58.5. The summed E-state index contributed by atoms with van der Waals surface area (Å²) in [5.74, 6) is -11.4. The smallest absolute Gasteiger partial charge is 0.327 e. The van der Waals surface area contributed by atoms with Crippen LogP contribution in [0, 0.1) is 0 Å². The van der Waals surface area contributed by atoms with E-state index in [1.165, 1.54) is 24.3 Å². The highest BCUT2D eigenvalue weighted by Crippen LogP contribution is 2.22. The summed E-state index contributed by atoms with van der Waals surface area (Å²) < 4.78 is 0. The minimum Gasteiger partial charge on any atom is -0.508 e. The van der Waals surface area contributed by atoms with Crippen molar-refractivity contribution in [3.05, 3.63) is 102 Å². The maximum Gasteiger partial charge on any atom is 0.327 e. The van der Waals surface area contributed by atoms with Crippen molar-refractivity contribution >= 4 is 93.7 Å². The van der Waals surface area contributed by atoms with E-state index < -0.39 is 133 Å². The summed E-state index contributed by atoms with van der Waals surface area (Å²) in [5.41, 5.74) is 14.6. The number of fused-ring (bicyclic) bond motifs is 2. The third-order valence-electron chi connectivity index (χ3n) is 13.0. The van der Waals surface area contributed by atoms with Gasteiger partial charge in [-0.1, -0.05) is 48.5 Å². The number of unbranched alkanes of at least 4 members (excludes halogenated alkanes) is 1. The SMILES string of the molecule is NCCCC[C@H](NC(=O)[C@H](Cc1c[nH]c2ccccc12)NC(=O)[C@@H](N)CCC(=O)O)C(=O)N[C@@H](CO)C(=O)N[C@@H](Cc1c[nH]c2ccccc12)C(=O)N[C@@H](CCC(=O)O)C(=O)N[C@@H](Cc1ccc(O)cc1)C(=O)N[C@@H](CS)C(=O)O. The Hall–Kier alpha value is -8.53. The summed E-state index contributed by atoms with van der Waals surface area (Å²) in [6.07, 6.45) is 1.19. The second kappa shape index (κ2) is 30.6. The van der Waals surface area contributed by atoms with Crippen molar-refractivity contribution in [3.8, 4) is 5.75 Å². The first kappa shape index (κ1) is 62.3. The number of thiol groups is 1. The van der Waals surface area contributed by atoms with Gasteiger partial charge in [0.2, 0.25) is 41.4 Å². The van der Waals surface area contributed by atoms with Gasteiger partial charge < -0.3 is 84.2 Å². The fourth-order valence-corrected chi connectivity index (χ4v) is 8.78. The first-order valence-electron chi connectivity index (χ1n) is 25.6. The highest BCUT2D eigenvalue weighted by molar-refractivity contribution is 7.80. The van der Waals surface area contributed by atoms with E-state index in [2.05, 4.69) is 59.8 Å². The maximum absolute atomic E-state index is 14.5. The largest absolute Gasteiger partial charge is 0.508 e. The van der Waals surface area contributed by atoms with Gasteiger partial charge in [0.1, 0.15) is 48.0 Å². The molecule has 8 atom stereocenters. The number of phenolic OH excluding ortho intramolecular Hbond substituents is 1. The molecule has 18 N–H and O–H groups in total. The Morgan fingerprint density at radius 2 is 0.912 bits per heavy atom. The molecule has 3 aromatic carbocycles. The van der Waals surface area contributed by atoms with Gasteiger partial charge in [0.25, 0.3) is 0 Å². The first-order chi connectivity index (χ1) is 38.2. The molecule has 430 valence electrons. The zero-order valence-electron chi connectivity index (χ0n) is 43.3. The van der Waals surface area contributed by atoms with E-state index in [1.54, 1.807) is 60.9 Å². The molecule has 0 aliphatic rings. The molecule has 0 spiro atoms. The molecular weight excluding hydrogens is 1060 g/mol. The highest BCUT2D eigenvalue weighted by atomic mass is 32.1. The van der Waals surface area contributed by atoms with Crippen LogP contribution in [0.3, 0.4) is 0 Å². The van der Waals surface area contributed by atoms with Crippen molar-refractivity contribution in [2.24, 2.45) is 11.5 Å². The number of aromatic hydroxyl groups is 1. The number of para-hydroxylation sites is 2. The molecule has 80 heavy (non-hydrogen) atoms. The number of phenols is 1. The van der Waals surface area contributed by atoms with Gasteiger partial charge in [0.05, 0.1) is 12.6 Å². The van der Waals surface area contributed by atoms with Crippen molar-refractivity contribution in [2.45, 2.75) is 113 Å². The van der Waals surface area contributed by atoms with E-state index in [0.717, 1.165) is 10.9 Å². The molecule has 27 heteroatoms. The standard InChI is InChI=1S/C53H67N11O15S/c54-20-6-5-11-37(58-50(75)40(60-46(71)34(55)16-18-44(67)68)22-29-24-56-35-9-3-1-7-32(29)35)47(72)63-42(26-65)52(77)62-41(23-30-25-57-36-10-4-2-8-33(30)36)51(76)59-38(17-19-45(69)70)48(73)61-39(21-28-12-14-31(66)15-13-28)49(74)64-43(27-80)53(78)79/h1-4,7-10,12-15,24-25,34,37-43,56-57,65-66,80H,5-6,11,16-23,26-27,54-55H2,(H,58,75)(H,59,76)(H,60,71)(H,61,73)(H,62,77)(H,63,72)(H,64,74)(H,67,68)(H,69,70)(H,78,79)/t34-,37-,38-,39-,40-,41-,42-,43-/m0/s1. The molecule has 26 nitrogen and oxygen atoms in total. The number of nitrogens with one attached hydrogen (secondary N) is 9. The molecule has 0 saturated carbocycles. The number of amides is 7. The lowest BCUT2D eigenvalue weighted by Crippen LogP contribution is -2.61. The van der Waals surface area contributed by atoms with Crippen molar-refractivity contribution in [1.82, 2.24) is 47.2 Å². The molecule has 0 unspecified atom stereocenters. The van der Waals surface area contributed by atoms with Crippen LogP contribution >= 0.6 is 12.6 Å². The summed E-state index contributed by atoms with van der Waals surface area (Å²) in [6.45, 7) is -0.852. The molecule has 2 heterocycles. The Kier molecular flexibility index (Phi) is 23.8. The van der Waals surface area contributed by atoms with Crippen LogP contribution in [0.25, 0.3) is 21.8 Å². The molecule has 0 saturated heterocycles. The quantitative estimate of drug-likeness (QED) is 0.0176. The number of carbonyl (C=O) groups excluding carboxylic acids is 7. The van der Waals surface area contributed by atoms with Gasteiger partial charge in [-0.3, -0.25) is 43.2 Å².